The number of benzene rings is 1. The van der Waals surface area contributed by atoms with Crippen LogP contribution in [-0.4, -0.2) is 29.8 Å². The van der Waals surface area contributed by atoms with Crippen molar-refractivity contribution in [3.8, 4) is 0 Å². The Hall–Kier alpha value is -2.14. The van der Waals surface area contributed by atoms with Crippen molar-refractivity contribution in [1.82, 2.24) is 10.4 Å². The standard InChI is InChI=1S/C14H15N3O2/c18-14(13-6-3-7-19-13)17-16-9-10-8-15-12-5-2-1-4-11(10)12/h1-2,4-5,8-9,13,15H,3,6-7H2,(H,17,18)/b16-9-/t13-/m1/s1. The van der Waals surface area contributed by atoms with Crippen LogP contribution >= 0.6 is 0 Å². The largest absolute Gasteiger partial charge is 0.368 e. The number of H-pyrrole nitrogens is 1. The zero-order valence-electron chi connectivity index (χ0n) is 10.4. The Bertz CT molecular complexity index is 612. The summed E-state index contributed by atoms with van der Waals surface area (Å²) >= 11 is 0. The van der Waals surface area contributed by atoms with Crippen molar-refractivity contribution in [3.05, 3.63) is 36.0 Å². The van der Waals surface area contributed by atoms with Crippen molar-refractivity contribution in [2.75, 3.05) is 6.61 Å². The van der Waals surface area contributed by atoms with Gasteiger partial charge in [-0.3, -0.25) is 4.79 Å². The van der Waals surface area contributed by atoms with E-state index in [1.165, 1.54) is 0 Å². The molecule has 0 unspecified atom stereocenters. The molecule has 19 heavy (non-hydrogen) atoms. The van der Waals surface area contributed by atoms with Gasteiger partial charge in [0.2, 0.25) is 0 Å². The lowest BCUT2D eigenvalue weighted by Crippen LogP contribution is -2.30. The van der Waals surface area contributed by atoms with Gasteiger partial charge >= 0.3 is 0 Å². The first-order chi connectivity index (χ1) is 9.34. The molecule has 1 aromatic heterocycles. The number of carbonyl (C=O) groups excluding carboxylic acids is 1. The SMILES string of the molecule is O=C(N/N=C\c1c[nH]c2ccccc12)[C@H]1CCCO1. The third kappa shape index (κ3) is 2.51. The van der Waals surface area contributed by atoms with Gasteiger partial charge in [0.05, 0.1) is 6.21 Å². The average Bonchev–Trinajstić information content (AvgIpc) is 3.08. The maximum atomic E-state index is 11.7. The van der Waals surface area contributed by atoms with Crippen molar-refractivity contribution in [2.24, 2.45) is 5.10 Å². The van der Waals surface area contributed by atoms with Crippen LogP contribution in [0.4, 0.5) is 0 Å². The van der Waals surface area contributed by atoms with Crippen LogP contribution in [0.5, 0.6) is 0 Å². The summed E-state index contributed by atoms with van der Waals surface area (Å²) < 4.78 is 5.28. The molecule has 1 fully saturated rings. The van der Waals surface area contributed by atoms with Gasteiger partial charge in [0, 0.05) is 29.3 Å². The van der Waals surface area contributed by atoms with E-state index in [-0.39, 0.29) is 12.0 Å². The fraction of sp³-hybridized carbons (Fsp3) is 0.286. The van der Waals surface area contributed by atoms with Crippen LogP contribution in [0.2, 0.25) is 0 Å². The van der Waals surface area contributed by atoms with E-state index in [0.717, 1.165) is 29.3 Å². The third-order valence-corrected chi connectivity index (χ3v) is 3.22. The Balaban J connectivity index is 1.67. The van der Waals surface area contributed by atoms with Crippen LogP contribution in [0.1, 0.15) is 18.4 Å². The van der Waals surface area contributed by atoms with Gasteiger partial charge in [0.15, 0.2) is 0 Å². The zero-order chi connectivity index (χ0) is 13.1. The highest BCUT2D eigenvalue weighted by atomic mass is 16.5. The van der Waals surface area contributed by atoms with E-state index in [2.05, 4.69) is 15.5 Å². The van der Waals surface area contributed by atoms with Crippen molar-refractivity contribution >= 4 is 23.0 Å². The fourth-order valence-electron chi connectivity index (χ4n) is 2.22. The van der Waals surface area contributed by atoms with Crippen molar-refractivity contribution in [3.63, 3.8) is 0 Å². The van der Waals surface area contributed by atoms with E-state index < -0.39 is 0 Å². The molecule has 1 atom stereocenters. The Kier molecular flexibility index (Phi) is 3.29. The fourth-order valence-corrected chi connectivity index (χ4v) is 2.22. The lowest BCUT2D eigenvalue weighted by molar-refractivity contribution is -0.130. The molecule has 1 saturated heterocycles. The minimum Gasteiger partial charge on any atom is -0.368 e. The molecule has 5 heteroatoms. The van der Waals surface area contributed by atoms with E-state index in [1.54, 1.807) is 6.21 Å². The van der Waals surface area contributed by atoms with Gasteiger partial charge in [-0.25, -0.2) is 5.43 Å². The van der Waals surface area contributed by atoms with E-state index in [1.807, 2.05) is 30.5 Å². The number of nitrogens with zero attached hydrogens (tertiary/aromatic N) is 1. The van der Waals surface area contributed by atoms with Crippen LogP contribution in [0.3, 0.4) is 0 Å². The predicted molar refractivity (Wildman–Crippen MR) is 73.0 cm³/mol. The summed E-state index contributed by atoms with van der Waals surface area (Å²) in [7, 11) is 0. The second-order valence-electron chi connectivity index (χ2n) is 4.53. The van der Waals surface area contributed by atoms with Crippen LogP contribution in [0, 0.1) is 0 Å². The maximum Gasteiger partial charge on any atom is 0.269 e. The number of hydrogen-bond donors (Lipinski definition) is 2. The van der Waals surface area contributed by atoms with Crippen LogP contribution in [0.25, 0.3) is 10.9 Å². The molecule has 98 valence electrons. The van der Waals surface area contributed by atoms with Crippen molar-refractivity contribution in [2.45, 2.75) is 18.9 Å². The molecule has 0 spiro atoms. The minimum absolute atomic E-state index is 0.173. The molecule has 1 amide bonds. The van der Waals surface area contributed by atoms with E-state index in [0.29, 0.717) is 6.61 Å². The molecule has 0 radical (unpaired) electrons. The Morgan fingerprint density at radius 3 is 3.21 bits per heavy atom. The summed E-state index contributed by atoms with van der Waals surface area (Å²) in [6.07, 6.45) is 4.87. The normalized spacial score (nSPS) is 19.3. The first kappa shape index (κ1) is 11.9. The molecule has 0 aliphatic carbocycles. The molecule has 0 bridgehead atoms. The van der Waals surface area contributed by atoms with Gasteiger partial charge in [-0.05, 0) is 18.9 Å². The Morgan fingerprint density at radius 2 is 2.37 bits per heavy atom. The van der Waals surface area contributed by atoms with Gasteiger partial charge in [-0.2, -0.15) is 5.10 Å². The predicted octanol–water partition coefficient (Wildman–Crippen LogP) is 1.80. The quantitative estimate of drug-likeness (QED) is 0.650. The van der Waals surface area contributed by atoms with Gasteiger partial charge in [0.25, 0.3) is 5.91 Å². The lowest BCUT2D eigenvalue weighted by atomic mass is 10.2. The van der Waals surface area contributed by atoms with Gasteiger partial charge in [-0.15, -0.1) is 0 Å². The number of fused-ring (bicyclic) bond motifs is 1. The monoisotopic (exact) mass is 257 g/mol. The smallest absolute Gasteiger partial charge is 0.269 e. The van der Waals surface area contributed by atoms with Crippen molar-refractivity contribution in [1.29, 1.82) is 0 Å². The lowest BCUT2D eigenvalue weighted by Gasteiger charge is -2.05. The molecule has 2 heterocycles. The number of hydrogen-bond acceptors (Lipinski definition) is 3. The maximum absolute atomic E-state index is 11.7. The van der Waals surface area contributed by atoms with E-state index in [9.17, 15) is 4.79 Å². The van der Waals surface area contributed by atoms with E-state index >= 15 is 0 Å². The molecule has 2 N–H and O–H groups in total. The summed E-state index contributed by atoms with van der Waals surface area (Å²) in [4.78, 5) is 14.8. The number of carbonyl (C=O) groups is 1. The van der Waals surface area contributed by atoms with Crippen LogP contribution < -0.4 is 5.43 Å². The molecule has 3 rings (SSSR count). The molecule has 2 aromatic rings. The number of para-hydroxylation sites is 1. The first-order valence-corrected chi connectivity index (χ1v) is 6.35. The Morgan fingerprint density at radius 1 is 1.47 bits per heavy atom. The van der Waals surface area contributed by atoms with Crippen LogP contribution in [-0.2, 0) is 9.53 Å². The summed E-state index contributed by atoms with van der Waals surface area (Å²) in [6, 6.07) is 7.95. The van der Waals surface area contributed by atoms with Gasteiger partial charge in [-0.1, -0.05) is 18.2 Å². The highest BCUT2D eigenvalue weighted by molar-refractivity contribution is 5.99. The van der Waals surface area contributed by atoms with Crippen molar-refractivity contribution < 1.29 is 9.53 Å². The average molecular weight is 257 g/mol. The number of nitrogens with one attached hydrogen (secondary N) is 2. The number of amides is 1. The number of aromatic nitrogens is 1. The molecule has 5 nitrogen and oxygen atoms in total. The Labute approximate surface area is 110 Å². The highest BCUT2D eigenvalue weighted by Gasteiger charge is 2.22. The first-order valence-electron chi connectivity index (χ1n) is 6.35. The van der Waals surface area contributed by atoms with Gasteiger partial charge in [0.1, 0.15) is 6.10 Å². The number of rotatable bonds is 3. The topological polar surface area (TPSA) is 66.5 Å². The summed E-state index contributed by atoms with van der Waals surface area (Å²) in [5.41, 5.74) is 4.52. The van der Waals surface area contributed by atoms with E-state index in [4.69, 9.17) is 4.74 Å². The molecular formula is C14H15N3O2. The summed E-state index contributed by atoms with van der Waals surface area (Å²) in [6.45, 7) is 0.657. The number of ether oxygens (including phenoxy) is 1. The molecule has 1 aliphatic heterocycles. The van der Waals surface area contributed by atoms with Gasteiger partial charge < -0.3 is 9.72 Å². The zero-order valence-corrected chi connectivity index (χ0v) is 10.4. The van der Waals surface area contributed by atoms with Crippen LogP contribution in [0.15, 0.2) is 35.6 Å². The summed E-state index contributed by atoms with van der Waals surface area (Å²) in [5.74, 6) is -0.173. The second kappa shape index (κ2) is 5.24. The molecule has 1 aliphatic rings. The molecule has 1 aromatic carbocycles. The highest BCUT2D eigenvalue weighted by Crippen LogP contribution is 2.15. The molecular weight excluding hydrogens is 242 g/mol. The third-order valence-electron chi connectivity index (χ3n) is 3.22. The summed E-state index contributed by atoms with van der Waals surface area (Å²) in [5, 5.41) is 5.07. The number of hydrazone groups is 1. The minimum atomic E-state index is -0.347. The number of aromatic amines is 1. The second-order valence-corrected chi connectivity index (χ2v) is 4.53. The molecule has 0 saturated carbocycles.